The second-order valence-corrected chi connectivity index (χ2v) is 3.19. The zero-order chi connectivity index (χ0) is 12.8. The standard InChI is InChI=1S/C11H10N2O4/c1-2-3-13(7-10(15)16)11(17)8-4-9(14)6-12-5-8/h1,4-6,14H,3,7H2,(H,15,16). The Balaban J connectivity index is 2.92. The predicted molar refractivity (Wildman–Crippen MR) is 58.3 cm³/mol. The van der Waals surface area contributed by atoms with Gasteiger partial charge in [0.15, 0.2) is 0 Å². The molecule has 0 spiro atoms. The number of terminal acetylenes is 1. The van der Waals surface area contributed by atoms with Gasteiger partial charge >= 0.3 is 5.97 Å². The summed E-state index contributed by atoms with van der Waals surface area (Å²) in [5, 5.41) is 17.8. The van der Waals surface area contributed by atoms with Crippen LogP contribution >= 0.6 is 0 Å². The number of carboxylic acids is 1. The lowest BCUT2D eigenvalue weighted by Gasteiger charge is -2.17. The second kappa shape index (κ2) is 5.51. The molecule has 17 heavy (non-hydrogen) atoms. The maximum atomic E-state index is 11.8. The molecular formula is C11H10N2O4. The van der Waals surface area contributed by atoms with Crippen molar-refractivity contribution in [3.05, 3.63) is 24.0 Å². The topological polar surface area (TPSA) is 90.7 Å². The fourth-order valence-electron chi connectivity index (χ4n) is 1.20. The first-order valence-electron chi connectivity index (χ1n) is 4.63. The minimum atomic E-state index is -1.17. The Bertz CT molecular complexity index is 479. The van der Waals surface area contributed by atoms with Gasteiger partial charge in [0, 0.05) is 6.20 Å². The van der Waals surface area contributed by atoms with Crippen molar-refractivity contribution < 1.29 is 19.8 Å². The molecule has 88 valence electrons. The monoisotopic (exact) mass is 234 g/mol. The van der Waals surface area contributed by atoms with Gasteiger partial charge in [-0.05, 0) is 6.07 Å². The number of aliphatic carboxylic acids is 1. The summed E-state index contributed by atoms with van der Waals surface area (Å²) in [6.07, 6.45) is 7.44. The molecule has 2 N–H and O–H groups in total. The number of hydrogen-bond donors (Lipinski definition) is 2. The molecule has 0 fully saturated rings. The van der Waals surface area contributed by atoms with E-state index < -0.39 is 18.4 Å². The third-order valence-corrected chi connectivity index (χ3v) is 1.87. The van der Waals surface area contributed by atoms with Gasteiger partial charge in [-0.1, -0.05) is 5.92 Å². The molecule has 1 aromatic rings. The number of carboxylic acid groups (broad SMARTS) is 1. The molecule has 0 aromatic carbocycles. The molecule has 0 unspecified atom stereocenters. The summed E-state index contributed by atoms with van der Waals surface area (Å²) in [5.74, 6) is 0.269. The first-order valence-corrected chi connectivity index (χ1v) is 4.63. The minimum absolute atomic E-state index is 0.0847. The fourth-order valence-corrected chi connectivity index (χ4v) is 1.20. The number of aromatic hydroxyl groups is 1. The smallest absolute Gasteiger partial charge is 0.323 e. The van der Waals surface area contributed by atoms with Crippen LogP contribution in [0.2, 0.25) is 0 Å². The van der Waals surface area contributed by atoms with Gasteiger partial charge in [0.1, 0.15) is 12.3 Å². The lowest BCUT2D eigenvalue weighted by Crippen LogP contribution is -2.36. The van der Waals surface area contributed by atoms with Crippen LogP contribution in [0.1, 0.15) is 10.4 Å². The molecule has 1 rings (SSSR count). The molecule has 0 saturated carbocycles. The molecule has 0 atom stereocenters. The summed E-state index contributed by atoms with van der Waals surface area (Å²) >= 11 is 0. The van der Waals surface area contributed by atoms with Crippen molar-refractivity contribution in [2.45, 2.75) is 0 Å². The summed E-state index contributed by atoms with van der Waals surface area (Å²) in [4.78, 5) is 27.0. The molecule has 0 aliphatic carbocycles. The molecule has 0 aliphatic rings. The van der Waals surface area contributed by atoms with Crippen LogP contribution in [0.4, 0.5) is 0 Å². The van der Waals surface area contributed by atoms with E-state index in [0.29, 0.717) is 0 Å². The van der Waals surface area contributed by atoms with E-state index in [1.165, 1.54) is 18.5 Å². The van der Waals surface area contributed by atoms with Crippen molar-refractivity contribution in [3.63, 3.8) is 0 Å². The van der Waals surface area contributed by atoms with E-state index in [4.69, 9.17) is 16.6 Å². The zero-order valence-corrected chi connectivity index (χ0v) is 8.83. The van der Waals surface area contributed by atoms with Crippen LogP contribution in [0.3, 0.4) is 0 Å². The Labute approximate surface area is 97.5 Å². The van der Waals surface area contributed by atoms with Gasteiger partial charge in [0.25, 0.3) is 5.91 Å². The summed E-state index contributed by atoms with van der Waals surface area (Å²) < 4.78 is 0. The molecule has 1 aromatic heterocycles. The number of hydrogen-bond acceptors (Lipinski definition) is 4. The normalized spacial score (nSPS) is 9.35. The van der Waals surface area contributed by atoms with Crippen LogP contribution in [0.5, 0.6) is 5.75 Å². The number of rotatable bonds is 4. The highest BCUT2D eigenvalue weighted by Gasteiger charge is 2.18. The first-order chi connectivity index (χ1) is 8.04. The fraction of sp³-hybridized carbons (Fsp3) is 0.182. The summed E-state index contributed by atoms with van der Waals surface area (Å²) in [6, 6.07) is 1.20. The van der Waals surface area contributed by atoms with Gasteiger partial charge < -0.3 is 15.1 Å². The summed E-state index contributed by atoms with van der Waals surface area (Å²) in [7, 11) is 0. The molecule has 1 heterocycles. The summed E-state index contributed by atoms with van der Waals surface area (Å²) in [6.45, 7) is -0.626. The van der Waals surface area contributed by atoms with Crippen molar-refractivity contribution in [2.75, 3.05) is 13.1 Å². The van der Waals surface area contributed by atoms with Crippen LogP contribution < -0.4 is 0 Å². The Morgan fingerprint density at radius 2 is 2.18 bits per heavy atom. The van der Waals surface area contributed by atoms with E-state index in [1.807, 2.05) is 0 Å². The molecule has 6 nitrogen and oxygen atoms in total. The molecule has 0 bridgehead atoms. The first kappa shape index (κ1) is 12.5. The SMILES string of the molecule is C#CCN(CC(=O)O)C(=O)c1cncc(O)c1. The van der Waals surface area contributed by atoms with Gasteiger partial charge in [-0.2, -0.15) is 0 Å². The van der Waals surface area contributed by atoms with Gasteiger partial charge in [0.2, 0.25) is 0 Å². The lowest BCUT2D eigenvalue weighted by molar-refractivity contribution is -0.137. The van der Waals surface area contributed by atoms with Gasteiger partial charge in [-0.25, -0.2) is 0 Å². The van der Waals surface area contributed by atoms with E-state index in [9.17, 15) is 9.59 Å². The zero-order valence-electron chi connectivity index (χ0n) is 8.83. The van der Waals surface area contributed by atoms with Crippen molar-refractivity contribution in [2.24, 2.45) is 0 Å². The third kappa shape index (κ3) is 3.50. The van der Waals surface area contributed by atoms with Crippen LogP contribution in [0, 0.1) is 12.3 Å². The number of pyridine rings is 1. The van der Waals surface area contributed by atoms with E-state index in [1.54, 1.807) is 0 Å². The highest BCUT2D eigenvalue weighted by molar-refractivity contribution is 5.96. The van der Waals surface area contributed by atoms with Crippen molar-refractivity contribution in [3.8, 4) is 18.1 Å². The van der Waals surface area contributed by atoms with Crippen molar-refractivity contribution >= 4 is 11.9 Å². The largest absolute Gasteiger partial charge is 0.506 e. The molecular weight excluding hydrogens is 224 g/mol. The highest BCUT2D eigenvalue weighted by atomic mass is 16.4. The molecule has 1 amide bonds. The molecule has 0 saturated heterocycles. The highest BCUT2D eigenvalue weighted by Crippen LogP contribution is 2.10. The minimum Gasteiger partial charge on any atom is -0.506 e. The van der Waals surface area contributed by atoms with Crippen LogP contribution in [-0.4, -0.2) is 45.1 Å². The second-order valence-electron chi connectivity index (χ2n) is 3.19. The Morgan fingerprint density at radius 3 is 2.71 bits per heavy atom. The quantitative estimate of drug-likeness (QED) is 0.712. The molecule has 6 heteroatoms. The third-order valence-electron chi connectivity index (χ3n) is 1.87. The maximum Gasteiger partial charge on any atom is 0.323 e. The maximum absolute atomic E-state index is 11.8. The van der Waals surface area contributed by atoms with Crippen LogP contribution in [0.15, 0.2) is 18.5 Å². The number of carbonyl (C=O) groups is 2. The van der Waals surface area contributed by atoms with Gasteiger partial charge in [-0.15, -0.1) is 6.42 Å². The van der Waals surface area contributed by atoms with Crippen LogP contribution in [0.25, 0.3) is 0 Å². The van der Waals surface area contributed by atoms with Crippen molar-refractivity contribution in [1.29, 1.82) is 0 Å². The van der Waals surface area contributed by atoms with Gasteiger partial charge in [-0.3, -0.25) is 14.6 Å². The molecule has 0 radical (unpaired) electrons. The number of nitrogens with zero attached hydrogens (tertiary/aromatic N) is 2. The van der Waals surface area contributed by atoms with Crippen molar-refractivity contribution in [1.82, 2.24) is 9.88 Å². The Morgan fingerprint density at radius 1 is 1.47 bits per heavy atom. The van der Waals surface area contributed by atoms with Gasteiger partial charge in [0.05, 0.1) is 18.3 Å². The summed E-state index contributed by atoms with van der Waals surface area (Å²) in [5.41, 5.74) is 0.0847. The van der Waals surface area contributed by atoms with E-state index in [-0.39, 0.29) is 17.9 Å². The number of carbonyl (C=O) groups excluding carboxylic acids is 1. The van der Waals surface area contributed by atoms with Crippen LogP contribution in [-0.2, 0) is 4.79 Å². The average Bonchev–Trinajstić information content (AvgIpc) is 2.27. The number of aromatic nitrogens is 1. The number of amides is 1. The Kier molecular flexibility index (Phi) is 4.06. The lowest BCUT2D eigenvalue weighted by atomic mass is 10.2. The Hall–Kier alpha value is -2.55. The van der Waals surface area contributed by atoms with E-state index >= 15 is 0 Å². The van der Waals surface area contributed by atoms with E-state index in [2.05, 4.69) is 10.9 Å². The van der Waals surface area contributed by atoms with E-state index in [0.717, 1.165) is 4.90 Å². The average molecular weight is 234 g/mol. The molecule has 0 aliphatic heterocycles. The predicted octanol–water partition coefficient (Wildman–Crippen LogP) is -0.0528.